The maximum absolute atomic E-state index is 13.7. The number of sulfonamides is 1. The van der Waals surface area contributed by atoms with Crippen LogP contribution in [0.25, 0.3) is 0 Å². The number of nitrogens with one attached hydrogen (secondary N) is 1. The van der Waals surface area contributed by atoms with Gasteiger partial charge >= 0.3 is 0 Å². The summed E-state index contributed by atoms with van der Waals surface area (Å²) in [5, 5.41) is 2.78. The number of aryl methyl sites for hydroxylation is 1. The second kappa shape index (κ2) is 12.5. The van der Waals surface area contributed by atoms with Gasteiger partial charge < -0.3 is 10.2 Å². The summed E-state index contributed by atoms with van der Waals surface area (Å²) in [7, 11) is -4.10. The van der Waals surface area contributed by atoms with Crippen molar-refractivity contribution >= 4 is 27.5 Å². The van der Waals surface area contributed by atoms with Crippen molar-refractivity contribution in [1.82, 2.24) is 10.2 Å². The molecule has 2 amide bonds. The zero-order chi connectivity index (χ0) is 27.0. The molecule has 0 heterocycles. The summed E-state index contributed by atoms with van der Waals surface area (Å²) < 4.78 is 41.8. The first-order valence-corrected chi connectivity index (χ1v) is 13.5. The summed E-state index contributed by atoms with van der Waals surface area (Å²) in [6.07, 6.45) is 0.723. The van der Waals surface area contributed by atoms with E-state index in [1.54, 1.807) is 49.4 Å². The zero-order valence-electron chi connectivity index (χ0n) is 21.2. The first-order chi connectivity index (χ1) is 17.6. The average Bonchev–Trinajstić information content (AvgIpc) is 2.90. The Morgan fingerprint density at radius 3 is 2.16 bits per heavy atom. The van der Waals surface area contributed by atoms with Crippen molar-refractivity contribution in [1.29, 1.82) is 0 Å². The summed E-state index contributed by atoms with van der Waals surface area (Å²) in [5.41, 5.74) is 1.87. The van der Waals surface area contributed by atoms with E-state index < -0.39 is 34.3 Å². The molecule has 7 nitrogen and oxygen atoms in total. The molecule has 0 spiro atoms. The van der Waals surface area contributed by atoms with Gasteiger partial charge in [-0.3, -0.25) is 13.9 Å². The van der Waals surface area contributed by atoms with Gasteiger partial charge in [-0.25, -0.2) is 12.8 Å². The third kappa shape index (κ3) is 7.16. The Labute approximate surface area is 218 Å². The van der Waals surface area contributed by atoms with Crippen LogP contribution in [0.2, 0.25) is 0 Å². The SMILES string of the molecule is CCCNC(=O)[C@H](C)N(Cc1ccc(F)cc1)C(=O)CN(c1ccc(C)cc1)S(=O)(=O)c1ccccc1. The fourth-order valence-electron chi connectivity index (χ4n) is 3.72. The Balaban J connectivity index is 1.99. The van der Waals surface area contributed by atoms with Crippen LogP contribution in [-0.2, 0) is 26.2 Å². The molecule has 0 saturated carbocycles. The van der Waals surface area contributed by atoms with E-state index in [9.17, 15) is 22.4 Å². The molecule has 0 aliphatic rings. The molecule has 9 heteroatoms. The van der Waals surface area contributed by atoms with Crippen LogP contribution in [0.15, 0.2) is 83.8 Å². The van der Waals surface area contributed by atoms with Gasteiger partial charge in [-0.05, 0) is 62.2 Å². The third-order valence-electron chi connectivity index (χ3n) is 5.91. The van der Waals surface area contributed by atoms with Crippen LogP contribution < -0.4 is 9.62 Å². The minimum atomic E-state index is -4.10. The minimum Gasteiger partial charge on any atom is -0.354 e. The highest BCUT2D eigenvalue weighted by Gasteiger charge is 2.32. The molecular weight excluding hydrogens is 493 g/mol. The van der Waals surface area contributed by atoms with Crippen molar-refractivity contribution in [2.75, 3.05) is 17.4 Å². The van der Waals surface area contributed by atoms with Crippen molar-refractivity contribution in [2.45, 2.75) is 44.7 Å². The summed E-state index contributed by atoms with van der Waals surface area (Å²) in [6, 6.07) is 19.4. The molecule has 0 aliphatic carbocycles. The van der Waals surface area contributed by atoms with Crippen LogP contribution in [-0.4, -0.2) is 44.3 Å². The number of hydrogen-bond donors (Lipinski definition) is 1. The van der Waals surface area contributed by atoms with Crippen molar-refractivity contribution in [3.8, 4) is 0 Å². The first kappa shape index (κ1) is 27.9. The summed E-state index contributed by atoms with van der Waals surface area (Å²) in [6.45, 7) is 5.32. The van der Waals surface area contributed by atoms with Crippen LogP contribution >= 0.6 is 0 Å². The van der Waals surface area contributed by atoms with Crippen LogP contribution in [0, 0.1) is 12.7 Å². The van der Waals surface area contributed by atoms with Crippen LogP contribution in [0.5, 0.6) is 0 Å². The number of nitrogens with zero attached hydrogens (tertiary/aromatic N) is 2. The number of anilines is 1. The number of carbonyl (C=O) groups is 2. The maximum atomic E-state index is 13.7. The second-order valence-corrected chi connectivity index (χ2v) is 10.6. The number of amides is 2. The Morgan fingerprint density at radius 1 is 0.946 bits per heavy atom. The Kier molecular flexibility index (Phi) is 9.41. The van der Waals surface area contributed by atoms with Gasteiger partial charge in [0.25, 0.3) is 10.0 Å². The van der Waals surface area contributed by atoms with E-state index in [2.05, 4.69) is 5.32 Å². The number of carbonyl (C=O) groups excluding carboxylic acids is 2. The highest BCUT2D eigenvalue weighted by atomic mass is 32.2. The van der Waals surface area contributed by atoms with Crippen LogP contribution in [0.4, 0.5) is 10.1 Å². The Morgan fingerprint density at radius 2 is 1.57 bits per heavy atom. The third-order valence-corrected chi connectivity index (χ3v) is 7.70. The van der Waals surface area contributed by atoms with Gasteiger partial charge in [0.1, 0.15) is 18.4 Å². The molecular formula is C28H32FN3O4S. The maximum Gasteiger partial charge on any atom is 0.264 e. The zero-order valence-corrected chi connectivity index (χ0v) is 22.0. The summed E-state index contributed by atoms with van der Waals surface area (Å²) in [5.74, 6) is -1.34. The minimum absolute atomic E-state index is 0.00689. The van der Waals surface area contributed by atoms with Gasteiger partial charge in [0.15, 0.2) is 0 Å². The lowest BCUT2D eigenvalue weighted by atomic mass is 10.1. The van der Waals surface area contributed by atoms with E-state index in [0.717, 1.165) is 16.3 Å². The average molecular weight is 526 g/mol. The standard InChI is InChI=1S/C28H32FN3O4S/c1-4-18-30-28(34)22(3)31(19-23-12-14-24(29)15-13-23)27(33)20-32(25-16-10-21(2)11-17-25)37(35,36)26-8-6-5-7-9-26/h5-17,22H,4,18-20H2,1-3H3,(H,30,34)/t22-/m0/s1. The number of benzene rings is 3. The Hall–Kier alpha value is -3.72. The van der Waals surface area contributed by atoms with Crippen LogP contribution in [0.1, 0.15) is 31.4 Å². The molecule has 1 N–H and O–H groups in total. The van der Waals surface area contributed by atoms with Gasteiger partial charge in [-0.1, -0.05) is 55.0 Å². The number of hydrogen-bond acceptors (Lipinski definition) is 4. The molecule has 0 unspecified atom stereocenters. The van der Waals surface area contributed by atoms with Crippen molar-refractivity contribution in [2.24, 2.45) is 0 Å². The molecule has 0 bridgehead atoms. The normalized spacial score (nSPS) is 12.0. The molecule has 3 rings (SSSR count). The lowest BCUT2D eigenvalue weighted by Gasteiger charge is -2.32. The van der Waals surface area contributed by atoms with E-state index in [-0.39, 0.29) is 17.3 Å². The molecule has 0 radical (unpaired) electrons. The molecule has 3 aromatic carbocycles. The van der Waals surface area contributed by atoms with E-state index in [1.807, 2.05) is 13.8 Å². The predicted molar refractivity (Wildman–Crippen MR) is 142 cm³/mol. The monoisotopic (exact) mass is 525 g/mol. The van der Waals surface area contributed by atoms with Gasteiger partial charge in [0, 0.05) is 13.1 Å². The van der Waals surface area contributed by atoms with E-state index in [0.29, 0.717) is 17.8 Å². The van der Waals surface area contributed by atoms with Crippen molar-refractivity contribution in [3.63, 3.8) is 0 Å². The Bertz CT molecular complexity index is 1300. The van der Waals surface area contributed by atoms with E-state index in [1.165, 1.54) is 41.3 Å². The predicted octanol–water partition coefficient (Wildman–Crippen LogP) is 4.27. The van der Waals surface area contributed by atoms with Crippen molar-refractivity contribution in [3.05, 3.63) is 95.8 Å². The van der Waals surface area contributed by atoms with Gasteiger partial charge in [-0.2, -0.15) is 0 Å². The number of rotatable bonds is 11. The van der Waals surface area contributed by atoms with Gasteiger partial charge in [-0.15, -0.1) is 0 Å². The molecule has 1 atom stereocenters. The van der Waals surface area contributed by atoms with E-state index in [4.69, 9.17) is 0 Å². The molecule has 3 aromatic rings. The lowest BCUT2D eigenvalue weighted by Crippen LogP contribution is -2.51. The fourth-order valence-corrected chi connectivity index (χ4v) is 5.16. The topological polar surface area (TPSA) is 86.8 Å². The summed E-state index contributed by atoms with van der Waals surface area (Å²) >= 11 is 0. The lowest BCUT2D eigenvalue weighted by molar-refractivity contribution is -0.139. The molecule has 0 fully saturated rings. The molecule has 196 valence electrons. The fraction of sp³-hybridized carbons (Fsp3) is 0.286. The molecule has 37 heavy (non-hydrogen) atoms. The number of halogens is 1. The second-order valence-electron chi connectivity index (χ2n) is 8.78. The highest BCUT2D eigenvalue weighted by Crippen LogP contribution is 2.25. The quantitative estimate of drug-likeness (QED) is 0.405. The van der Waals surface area contributed by atoms with Gasteiger partial charge in [0.05, 0.1) is 10.6 Å². The van der Waals surface area contributed by atoms with E-state index >= 15 is 0 Å². The molecule has 0 aliphatic heterocycles. The molecule has 0 aromatic heterocycles. The largest absolute Gasteiger partial charge is 0.354 e. The summed E-state index contributed by atoms with van der Waals surface area (Å²) in [4.78, 5) is 27.9. The smallest absolute Gasteiger partial charge is 0.264 e. The van der Waals surface area contributed by atoms with Crippen LogP contribution in [0.3, 0.4) is 0 Å². The first-order valence-electron chi connectivity index (χ1n) is 12.1. The van der Waals surface area contributed by atoms with Gasteiger partial charge in [0.2, 0.25) is 11.8 Å². The van der Waals surface area contributed by atoms with Crippen molar-refractivity contribution < 1.29 is 22.4 Å². The molecule has 0 saturated heterocycles. The highest BCUT2D eigenvalue weighted by molar-refractivity contribution is 7.92.